The van der Waals surface area contributed by atoms with Crippen molar-refractivity contribution in [3.8, 4) is 0 Å². The van der Waals surface area contributed by atoms with Crippen molar-refractivity contribution in [2.24, 2.45) is 0 Å². The van der Waals surface area contributed by atoms with Crippen LogP contribution in [0.25, 0.3) is 0 Å². The molecule has 0 aliphatic heterocycles. The summed E-state index contributed by atoms with van der Waals surface area (Å²) in [6, 6.07) is 10.6. The molecule has 1 aromatic heterocycles. The first-order valence-corrected chi connectivity index (χ1v) is 6.62. The molecule has 0 aliphatic carbocycles. The van der Waals surface area contributed by atoms with Gasteiger partial charge in [-0.15, -0.1) is 0 Å². The molecule has 1 N–H and O–H groups in total. The third kappa shape index (κ3) is 3.94. The lowest BCUT2D eigenvalue weighted by molar-refractivity contribution is 0.400. The Hall–Kier alpha value is -1.58. The molecule has 0 amide bonds. The van der Waals surface area contributed by atoms with Gasteiger partial charge in [0.05, 0.1) is 12.8 Å². The van der Waals surface area contributed by atoms with Gasteiger partial charge in [-0.25, -0.2) is 0 Å². The van der Waals surface area contributed by atoms with E-state index in [2.05, 4.69) is 55.5 Å². The fraction of sp³-hybridized carbons (Fsp3) is 0.375. The van der Waals surface area contributed by atoms with Gasteiger partial charge >= 0.3 is 0 Å². The third-order valence-electron chi connectivity index (χ3n) is 3.17. The predicted octanol–water partition coefficient (Wildman–Crippen LogP) is 2.94. The molecular formula is C16H22N2O. The summed E-state index contributed by atoms with van der Waals surface area (Å²) in [5, 5.41) is 3.45. The largest absolute Gasteiger partial charge is 0.468 e. The number of aryl methyl sites for hydroxylation is 1. The van der Waals surface area contributed by atoms with Gasteiger partial charge in [0.1, 0.15) is 5.76 Å². The van der Waals surface area contributed by atoms with Crippen LogP contribution in [0.5, 0.6) is 0 Å². The molecule has 0 fully saturated rings. The van der Waals surface area contributed by atoms with Gasteiger partial charge in [-0.05, 0) is 43.8 Å². The lowest BCUT2D eigenvalue weighted by Gasteiger charge is -2.14. The van der Waals surface area contributed by atoms with Crippen LogP contribution in [0.4, 0.5) is 0 Å². The maximum Gasteiger partial charge on any atom is 0.120 e. The summed E-state index contributed by atoms with van der Waals surface area (Å²) < 4.78 is 5.43. The molecule has 0 saturated carbocycles. The Morgan fingerprint density at radius 1 is 1.05 bits per heavy atom. The Bertz CT molecular complexity index is 517. The fourth-order valence-corrected chi connectivity index (χ4v) is 2.12. The van der Waals surface area contributed by atoms with E-state index in [1.54, 1.807) is 6.26 Å². The molecular weight excluding hydrogens is 236 g/mol. The highest BCUT2D eigenvalue weighted by molar-refractivity contribution is 5.27. The second-order valence-corrected chi connectivity index (χ2v) is 5.14. The number of hydrogen-bond donors (Lipinski definition) is 1. The molecule has 0 unspecified atom stereocenters. The van der Waals surface area contributed by atoms with Crippen LogP contribution in [0.2, 0.25) is 0 Å². The van der Waals surface area contributed by atoms with Crippen molar-refractivity contribution < 1.29 is 4.42 Å². The number of nitrogens with zero attached hydrogens (tertiary/aromatic N) is 1. The zero-order valence-electron chi connectivity index (χ0n) is 11.9. The summed E-state index contributed by atoms with van der Waals surface area (Å²) in [4.78, 5) is 2.19. The van der Waals surface area contributed by atoms with Gasteiger partial charge < -0.3 is 14.6 Å². The van der Waals surface area contributed by atoms with E-state index >= 15 is 0 Å². The van der Waals surface area contributed by atoms with Gasteiger partial charge in [0.15, 0.2) is 0 Å². The van der Waals surface area contributed by atoms with E-state index in [-0.39, 0.29) is 0 Å². The summed E-state index contributed by atoms with van der Waals surface area (Å²) in [5.74, 6) is 1.02. The highest BCUT2D eigenvalue weighted by Crippen LogP contribution is 2.12. The first-order chi connectivity index (χ1) is 9.16. The minimum Gasteiger partial charge on any atom is -0.468 e. The Kier molecular flexibility index (Phi) is 4.77. The maximum absolute atomic E-state index is 5.43. The average Bonchev–Trinajstić information content (AvgIpc) is 2.77. The van der Waals surface area contributed by atoms with Crippen LogP contribution in [0, 0.1) is 6.92 Å². The number of furan rings is 1. The summed E-state index contributed by atoms with van der Waals surface area (Å²) >= 11 is 0. The van der Waals surface area contributed by atoms with Gasteiger partial charge in [0.2, 0.25) is 0 Å². The van der Waals surface area contributed by atoms with E-state index < -0.39 is 0 Å². The van der Waals surface area contributed by atoms with E-state index in [9.17, 15) is 0 Å². The number of benzene rings is 1. The van der Waals surface area contributed by atoms with Crippen molar-refractivity contribution in [2.45, 2.75) is 26.6 Å². The molecule has 0 spiro atoms. The molecule has 3 heteroatoms. The maximum atomic E-state index is 5.43. The second-order valence-electron chi connectivity index (χ2n) is 5.14. The topological polar surface area (TPSA) is 28.4 Å². The van der Waals surface area contributed by atoms with Gasteiger partial charge in [-0.2, -0.15) is 0 Å². The summed E-state index contributed by atoms with van der Waals surface area (Å²) in [7, 11) is 4.19. The normalized spacial score (nSPS) is 11.2. The minimum atomic E-state index is 0.773. The zero-order valence-corrected chi connectivity index (χ0v) is 11.9. The third-order valence-corrected chi connectivity index (χ3v) is 3.17. The van der Waals surface area contributed by atoms with Gasteiger partial charge in [-0.1, -0.05) is 24.3 Å². The van der Waals surface area contributed by atoms with Crippen molar-refractivity contribution in [3.63, 3.8) is 0 Å². The van der Waals surface area contributed by atoms with Gasteiger partial charge in [-0.3, -0.25) is 0 Å². The van der Waals surface area contributed by atoms with Crippen LogP contribution in [0.15, 0.2) is 41.0 Å². The number of nitrogens with one attached hydrogen (secondary N) is 1. The first kappa shape index (κ1) is 13.8. The fourth-order valence-electron chi connectivity index (χ4n) is 2.12. The molecule has 0 saturated heterocycles. The van der Waals surface area contributed by atoms with Crippen LogP contribution < -0.4 is 5.32 Å². The lowest BCUT2D eigenvalue weighted by Crippen LogP contribution is -2.17. The van der Waals surface area contributed by atoms with E-state index in [0.29, 0.717) is 0 Å². The van der Waals surface area contributed by atoms with Crippen molar-refractivity contribution in [3.05, 3.63) is 59.0 Å². The minimum absolute atomic E-state index is 0.773. The standard InChI is InChI=1S/C16H22N2O/c1-13-8-9-19-16(13)11-17-10-14-6-4-5-7-15(14)12-18(2)3/h4-9,17H,10-12H2,1-3H3. The Labute approximate surface area is 115 Å². The quantitative estimate of drug-likeness (QED) is 0.863. The van der Waals surface area contributed by atoms with E-state index in [1.807, 2.05) is 6.07 Å². The van der Waals surface area contributed by atoms with Crippen LogP contribution >= 0.6 is 0 Å². The summed E-state index contributed by atoms with van der Waals surface area (Å²) in [6.45, 7) is 4.68. The smallest absolute Gasteiger partial charge is 0.120 e. The van der Waals surface area contributed by atoms with Crippen molar-refractivity contribution >= 4 is 0 Å². The molecule has 0 radical (unpaired) electrons. The number of rotatable bonds is 6. The van der Waals surface area contributed by atoms with E-state index in [0.717, 1.165) is 25.4 Å². The molecule has 1 heterocycles. The highest BCUT2D eigenvalue weighted by Gasteiger charge is 2.04. The molecule has 19 heavy (non-hydrogen) atoms. The van der Waals surface area contributed by atoms with Crippen LogP contribution in [0.1, 0.15) is 22.5 Å². The predicted molar refractivity (Wildman–Crippen MR) is 77.8 cm³/mol. The molecule has 0 aliphatic rings. The summed E-state index contributed by atoms with van der Waals surface area (Å²) in [6.07, 6.45) is 1.74. The molecule has 0 bridgehead atoms. The van der Waals surface area contributed by atoms with Gasteiger partial charge in [0, 0.05) is 13.1 Å². The first-order valence-electron chi connectivity index (χ1n) is 6.62. The average molecular weight is 258 g/mol. The van der Waals surface area contributed by atoms with Crippen LogP contribution in [-0.4, -0.2) is 19.0 Å². The SMILES string of the molecule is Cc1ccoc1CNCc1ccccc1CN(C)C. The monoisotopic (exact) mass is 258 g/mol. The van der Waals surface area contributed by atoms with Crippen molar-refractivity contribution in [1.29, 1.82) is 0 Å². The Morgan fingerprint density at radius 3 is 2.42 bits per heavy atom. The van der Waals surface area contributed by atoms with Gasteiger partial charge in [0.25, 0.3) is 0 Å². The molecule has 2 rings (SSSR count). The summed E-state index contributed by atoms with van der Waals surface area (Å²) in [5.41, 5.74) is 3.92. The van der Waals surface area contributed by atoms with Crippen LogP contribution in [-0.2, 0) is 19.6 Å². The molecule has 102 valence electrons. The molecule has 1 aromatic carbocycles. The highest BCUT2D eigenvalue weighted by atomic mass is 16.3. The van der Waals surface area contributed by atoms with Crippen molar-refractivity contribution in [1.82, 2.24) is 10.2 Å². The van der Waals surface area contributed by atoms with E-state index in [1.165, 1.54) is 16.7 Å². The Balaban J connectivity index is 1.94. The molecule has 0 atom stereocenters. The van der Waals surface area contributed by atoms with E-state index in [4.69, 9.17) is 4.42 Å². The molecule has 2 aromatic rings. The van der Waals surface area contributed by atoms with Crippen LogP contribution in [0.3, 0.4) is 0 Å². The molecule has 3 nitrogen and oxygen atoms in total. The zero-order chi connectivity index (χ0) is 13.7. The lowest BCUT2D eigenvalue weighted by atomic mass is 10.1. The Morgan fingerprint density at radius 2 is 1.79 bits per heavy atom. The van der Waals surface area contributed by atoms with Crippen molar-refractivity contribution in [2.75, 3.05) is 14.1 Å². The number of hydrogen-bond acceptors (Lipinski definition) is 3. The second kappa shape index (κ2) is 6.55.